The maximum atomic E-state index is 8.74. The van der Waals surface area contributed by atoms with Crippen molar-refractivity contribution in [3.05, 3.63) is 0 Å². The van der Waals surface area contributed by atoms with Gasteiger partial charge in [0.15, 0.2) is 0 Å². The number of aliphatic hydroxyl groups excluding tert-OH is 1. The Balaban J connectivity index is 1.94. The van der Waals surface area contributed by atoms with E-state index in [2.05, 4.69) is 30.5 Å². The highest BCUT2D eigenvalue weighted by Crippen LogP contribution is 2.18. The van der Waals surface area contributed by atoms with Gasteiger partial charge in [-0.15, -0.1) is 0 Å². The monoisotopic (exact) mass is 280 g/mol. The summed E-state index contributed by atoms with van der Waals surface area (Å²) in [6.45, 7) is 3.10. The number of hydrogen-bond acceptors (Lipinski definition) is 7. The molecule has 0 aromatic carbocycles. The molecule has 1 aliphatic heterocycles. The zero-order chi connectivity index (χ0) is 14.2. The van der Waals surface area contributed by atoms with Crippen LogP contribution >= 0.6 is 0 Å². The van der Waals surface area contributed by atoms with E-state index in [1.165, 1.54) is 12.8 Å². The van der Waals surface area contributed by atoms with E-state index in [0.29, 0.717) is 11.9 Å². The summed E-state index contributed by atoms with van der Waals surface area (Å²) in [5.41, 5.74) is 0. The minimum atomic E-state index is 0.259. The Morgan fingerprint density at radius 1 is 1.05 bits per heavy atom. The van der Waals surface area contributed by atoms with Crippen molar-refractivity contribution in [2.24, 2.45) is 0 Å². The molecule has 0 atom stereocenters. The second kappa shape index (κ2) is 7.84. The molecule has 7 heteroatoms. The molecule has 1 aromatic rings. The summed E-state index contributed by atoms with van der Waals surface area (Å²) in [6, 6.07) is 0. The molecule has 0 aliphatic carbocycles. The first-order valence-corrected chi connectivity index (χ1v) is 7.37. The highest BCUT2D eigenvalue weighted by Gasteiger charge is 2.16. The molecular formula is C13H24N6O. The van der Waals surface area contributed by atoms with E-state index in [1.807, 2.05) is 7.05 Å². The molecule has 1 aliphatic rings. The molecule has 1 aromatic heterocycles. The van der Waals surface area contributed by atoms with Crippen molar-refractivity contribution in [3.63, 3.8) is 0 Å². The zero-order valence-electron chi connectivity index (χ0n) is 12.1. The number of aliphatic hydroxyl groups is 1. The van der Waals surface area contributed by atoms with Crippen LogP contribution in [0, 0.1) is 0 Å². The van der Waals surface area contributed by atoms with E-state index < -0.39 is 0 Å². The molecule has 0 radical (unpaired) electrons. The molecule has 0 amide bonds. The molecule has 0 bridgehead atoms. The number of nitrogens with zero attached hydrogens (tertiary/aromatic N) is 4. The van der Waals surface area contributed by atoms with Gasteiger partial charge in [-0.05, 0) is 32.1 Å². The highest BCUT2D eigenvalue weighted by molar-refractivity contribution is 5.43. The molecule has 0 unspecified atom stereocenters. The van der Waals surface area contributed by atoms with Crippen LogP contribution in [0.4, 0.5) is 17.8 Å². The van der Waals surface area contributed by atoms with Gasteiger partial charge in [0.25, 0.3) is 0 Å². The van der Waals surface area contributed by atoms with Crippen LogP contribution < -0.4 is 15.5 Å². The van der Waals surface area contributed by atoms with Gasteiger partial charge in [0.05, 0.1) is 0 Å². The fourth-order valence-electron chi connectivity index (χ4n) is 2.23. The maximum absolute atomic E-state index is 8.74. The molecule has 7 nitrogen and oxygen atoms in total. The molecular weight excluding hydrogens is 256 g/mol. The minimum absolute atomic E-state index is 0.259. The lowest BCUT2D eigenvalue weighted by Crippen LogP contribution is -2.22. The normalized spacial score (nSPS) is 14.6. The van der Waals surface area contributed by atoms with Gasteiger partial charge in [0.2, 0.25) is 17.8 Å². The quantitative estimate of drug-likeness (QED) is 0.614. The van der Waals surface area contributed by atoms with Gasteiger partial charge in [-0.3, -0.25) is 0 Å². The summed E-state index contributed by atoms with van der Waals surface area (Å²) in [5, 5.41) is 15.0. The van der Waals surface area contributed by atoms with Gasteiger partial charge >= 0.3 is 0 Å². The van der Waals surface area contributed by atoms with E-state index in [1.54, 1.807) is 0 Å². The lowest BCUT2D eigenvalue weighted by atomic mass is 10.2. The summed E-state index contributed by atoms with van der Waals surface area (Å²) in [5.74, 6) is 1.97. The first-order valence-electron chi connectivity index (χ1n) is 7.37. The number of nitrogens with one attached hydrogen (secondary N) is 2. The van der Waals surface area contributed by atoms with Gasteiger partial charge < -0.3 is 20.6 Å². The zero-order valence-corrected chi connectivity index (χ0v) is 12.1. The van der Waals surface area contributed by atoms with Crippen LogP contribution in [-0.2, 0) is 0 Å². The molecule has 20 heavy (non-hydrogen) atoms. The number of hydrogen-bond donors (Lipinski definition) is 3. The van der Waals surface area contributed by atoms with E-state index >= 15 is 0 Å². The lowest BCUT2D eigenvalue weighted by molar-refractivity contribution is 0.283. The van der Waals surface area contributed by atoms with Crippen molar-refractivity contribution in [2.45, 2.75) is 32.1 Å². The van der Waals surface area contributed by atoms with Crippen LogP contribution in [0.1, 0.15) is 32.1 Å². The average molecular weight is 280 g/mol. The third kappa shape index (κ3) is 4.19. The van der Waals surface area contributed by atoms with Crippen molar-refractivity contribution in [2.75, 3.05) is 48.8 Å². The van der Waals surface area contributed by atoms with E-state index in [9.17, 15) is 0 Å². The number of unbranched alkanes of at least 4 members (excludes halogenated alkanes) is 2. The predicted octanol–water partition coefficient (Wildman–Crippen LogP) is 1.09. The van der Waals surface area contributed by atoms with Crippen molar-refractivity contribution in [3.8, 4) is 0 Å². The van der Waals surface area contributed by atoms with Crippen LogP contribution in [0.15, 0.2) is 0 Å². The Bertz CT molecular complexity index is 408. The Labute approximate surface area is 119 Å². The average Bonchev–Trinajstić information content (AvgIpc) is 3.01. The van der Waals surface area contributed by atoms with Crippen LogP contribution in [0.3, 0.4) is 0 Å². The summed E-state index contributed by atoms with van der Waals surface area (Å²) in [7, 11) is 1.81. The smallest absolute Gasteiger partial charge is 0.231 e. The SMILES string of the molecule is CNc1nc(NCCCCCO)nc(N2CCCC2)n1. The summed E-state index contributed by atoms with van der Waals surface area (Å²) in [4.78, 5) is 15.4. The van der Waals surface area contributed by atoms with Gasteiger partial charge in [-0.1, -0.05) is 0 Å². The molecule has 1 fully saturated rings. The molecule has 3 N–H and O–H groups in total. The summed E-state index contributed by atoms with van der Waals surface area (Å²) in [6.07, 6.45) is 5.25. The van der Waals surface area contributed by atoms with E-state index in [-0.39, 0.29) is 6.61 Å². The fraction of sp³-hybridized carbons (Fsp3) is 0.769. The first kappa shape index (κ1) is 14.8. The van der Waals surface area contributed by atoms with E-state index in [0.717, 1.165) is 44.8 Å². The maximum Gasteiger partial charge on any atom is 0.231 e. The van der Waals surface area contributed by atoms with Gasteiger partial charge in [0, 0.05) is 33.3 Å². The summed E-state index contributed by atoms with van der Waals surface area (Å²) < 4.78 is 0. The molecule has 0 saturated carbocycles. The molecule has 2 heterocycles. The second-order valence-corrected chi connectivity index (χ2v) is 4.94. The van der Waals surface area contributed by atoms with Gasteiger partial charge in [-0.25, -0.2) is 0 Å². The predicted molar refractivity (Wildman–Crippen MR) is 80.2 cm³/mol. The lowest BCUT2D eigenvalue weighted by Gasteiger charge is -2.16. The molecule has 0 spiro atoms. The largest absolute Gasteiger partial charge is 0.396 e. The fourth-order valence-corrected chi connectivity index (χ4v) is 2.23. The minimum Gasteiger partial charge on any atom is -0.396 e. The van der Waals surface area contributed by atoms with Crippen LogP contribution in [0.25, 0.3) is 0 Å². The Morgan fingerprint density at radius 3 is 2.50 bits per heavy atom. The molecule has 2 rings (SSSR count). The van der Waals surface area contributed by atoms with Crippen LogP contribution in [-0.4, -0.2) is 53.3 Å². The van der Waals surface area contributed by atoms with E-state index in [4.69, 9.17) is 5.11 Å². The first-order chi connectivity index (χ1) is 9.83. The molecule has 112 valence electrons. The summed E-state index contributed by atoms with van der Waals surface area (Å²) >= 11 is 0. The molecule has 1 saturated heterocycles. The van der Waals surface area contributed by atoms with Crippen molar-refractivity contribution in [1.29, 1.82) is 0 Å². The van der Waals surface area contributed by atoms with Crippen molar-refractivity contribution in [1.82, 2.24) is 15.0 Å². The topological polar surface area (TPSA) is 86.2 Å². The highest BCUT2D eigenvalue weighted by atomic mass is 16.2. The van der Waals surface area contributed by atoms with Gasteiger partial charge in [-0.2, -0.15) is 15.0 Å². The van der Waals surface area contributed by atoms with Crippen LogP contribution in [0.5, 0.6) is 0 Å². The number of anilines is 3. The Kier molecular flexibility index (Phi) is 5.79. The van der Waals surface area contributed by atoms with Crippen molar-refractivity contribution < 1.29 is 5.11 Å². The number of rotatable bonds is 8. The Hall–Kier alpha value is -1.63. The third-order valence-corrected chi connectivity index (χ3v) is 3.35. The third-order valence-electron chi connectivity index (χ3n) is 3.35. The Morgan fingerprint density at radius 2 is 1.80 bits per heavy atom. The standard InChI is InChI=1S/C13H24N6O/c1-14-11-16-12(15-7-3-2-6-10-20)18-13(17-11)19-8-4-5-9-19/h20H,2-10H2,1H3,(H2,14,15,16,17,18). The van der Waals surface area contributed by atoms with Crippen LogP contribution in [0.2, 0.25) is 0 Å². The van der Waals surface area contributed by atoms with Gasteiger partial charge in [0.1, 0.15) is 0 Å². The second-order valence-electron chi connectivity index (χ2n) is 4.94. The number of aromatic nitrogens is 3. The van der Waals surface area contributed by atoms with Crippen molar-refractivity contribution >= 4 is 17.8 Å².